The second-order valence-electron chi connectivity index (χ2n) is 5.49. The summed E-state index contributed by atoms with van der Waals surface area (Å²) in [5.41, 5.74) is 1.63. The van der Waals surface area contributed by atoms with Gasteiger partial charge in [-0.3, -0.25) is 9.79 Å². The Balaban J connectivity index is 1.94. The van der Waals surface area contributed by atoms with Crippen molar-refractivity contribution in [3.63, 3.8) is 0 Å². The molecule has 3 aromatic rings. The van der Waals surface area contributed by atoms with Crippen LogP contribution in [0.1, 0.15) is 22.0 Å². The molecule has 0 saturated heterocycles. The predicted molar refractivity (Wildman–Crippen MR) is 106 cm³/mol. The lowest BCUT2D eigenvalue weighted by Gasteiger charge is -2.17. The topological polar surface area (TPSA) is 60.1 Å². The Labute approximate surface area is 161 Å². The maximum absolute atomic E-state index is 13.1. The Morgan fingerprint density at radius 1 is 1.19 bits per heavy atom. The molecular formula is C19H17ClN4OS. The standard InChI is InChI=1S/C19H17ClN4OS/c1-26-19(22-11-14-5-3-2-4-6-14)17(24-13-21-12-23-24)18(25)15-7-9-16(20)10-8-15/h2-10,12-13,17H,11H2,1H3. The monoisotopic (exact) mass is 384 g/mol. The molecule has 1 aromatic heterocycles. The summed E-state index contributed by atoms with van der Waals surface area (Å²) >= 11 is 7.37. The molecule has 0 spiro atoms. The quantitative estimate of drug-likeness (QED) is 0.361. The number of carbonyl (C=O) groups excluding carboxylic acids is 1. The highest BCUT2D eigenvalue weighted by Crippen LogP contribution is 2.23. The smallest absolute Gasteiger partial charge is 0.194 e. The van der Waals surface area contributed by atoms with Crippen LogP contribution in [-0.2, 0) is 6.54 Å². The first-order valence-electron chi connectivity index (χ1n) is 7.95. The molecule has 0 saturated carbocycles. The van der Waals surface area contributed by atoms with Crippen molar-refractivity contribution in [2.75, 3.05) is 6.26 Å². The number of carbonyl (C=O) groups is 1. The van der Waals surface area contributed by atoms with Gasteiger partial charge >= 0.3 is 0 Å². The number of halogens is 1. The Hall–Kier alpha value is -2.44. The number of Topliss-reactive ketones (excluding diaryl/α,β-unsaturated/α-hetero) is 1. The minimum atomic E-state index is -0.655. The molecule has 0 bridgehead atoms. The highest BCUT2D eigenvalue weighted by atomic mass is 35.5. The lowest BCUT2D eigenvalue weighted by atomic mass is 10.0. The van der Waals surface area contributed by atoms with Crippen molar-refractivity contribution in [2.24, 2.45) is 4.99 Å². The van der Waals surface area contributed by atoms with Crippen LogP contribution < -0.4 is 0 Å². The molecule has 1 atom stereocenters. The molecule has 2 aromatic carbocycles. The molecule has 0 aliphatic heterocycles. The summed E-state index contributed by atoms with van der Waals surface area (Å²) in [5, 5.41) is 5.43. The van der Waals surface area contributed by atoms with Gasteiger partial charge in [0.15, 0.2) is 11.8 Å². The third-order valence-corrected chi connectivity index (χ3v) is 4.80. The molecule has 0 radical (unpaired) electrons. The van der Waals surface area contributed by atoms with E-state index in [2.05, 4.69) is 15.1 Å². The number of hydrogen-bond acceptors (Lipinski definition) is 5. The summed E-state index contributed by atoms with van der Waals surface area (Å²) in [6.07, 6.45) is 4.85. The number of aromatic nitrogens is 3. The van der Waals surface area contributed by atoms with Crippen LogP contribution in [0.25, 0.3) is 0 Å². The van der Waals surface area contributed by atoms with E-state index in [0.717, 1.165) is 5.56 Å². The number of rotatable bonds is 6. The minimum absolute atomic E-state index is 0.103. The van der Waals surface area contributed by atoms with Crippen LogP contribution in [0.4, 0.5) is 0 Å². The summed E-state index contributed by atoms with van der Waals surface area (Å²) in [6, 6.07) is 16.1. The number of benzene rings is 2. The SMILES string of the molecule is CSC(=NCc1ccccc1)C(C(=O)c1ccc(Cl)cc1)n1cncn1. The molecule has 1 unspecified atom stereocenters. The molecule has 5 nitrogen and oxygen atoms in total. The van der Waals surface area contributed by atoms with Gasteiger partial charge in [0, 0.05) is 10.6 Å². The maximum atomic E-state index is 13.1. The largest absolute Gasteiger partial charge is 0.291 e. The van der Waals surface area contributed by atoms with E-state index in [0.29, 0.717) is 22.2 Å². The van der Waals surface area contributed by atoms with Crippen LogP contribution >= 0.6 is 23.4 Å². The van der Waals surface area contributed by atoms with E-state index < -0.39 is 6.04 Å². The molecule has 26 heavy (non-hydrogen) atoms. The van der Waals surface area contributed by atoms with Gasteiger partial charge in [-0.05, 0) is 36.1 Å². The van der Waals surface area contributed by atoms with Crippen LogP contribution in [-0.4, -0.2) is 31.8 Å². The van der Waals surface area contributed by atoms with E-state index in [9.17, 15) is 4.79 Å². The van der Waals surface area contributed by atoms with Crippen molar-refractivity contribution in [2.45, 2.75) is 12.6 Å². The Morgan fingerprint density at radius 3 is 2.54 bits per heavy atom. The van der Waals surface area contributed by atoms with Crippen molar-refractivity contribution in [3.05, 3.63) is 83.4 Å². The van der Waals surface area contributed by atoms with E-state index in [1.54, 1.807) is 24.3 Å². The Morgan fingerprint density at radius 2 is 1.92 bits per heavy atom. The maximum Gasteiger partial charge on any atom is 0.194 e. The molecule has 0 amide bonds. The van der Waals surface area contributed by atoms with Gasteiger partial charge in [0.05, 0.1) is 6.54 Å². The number of nitrogens with zero attached hydrogens (tertiary/aromatic N) is 4. The normalized spacial score (nSPS) is 12.8. The highest BCUT2D eigenvalue weighted by molar-refractivity contribution is 8.13. The fraction of sp³-hybridized carbons (Fsp3) is 0.158. The van der Waals surface area contributed by atoms with Gasteiger partial charge in [0.1, 0.15) is 17.7 Å². The van der Waals surface area contributed by atoms with Crippen LogP contribution in [0.15, 0.2) is 72.2 Å². The highest BCUT2D eigenvalue weighted by Gasteiger charge is 2.28. The molecule has 132 valence electrons. The van der Waals surface area contributed by atoms with Gasteiger partial charge in [0.25, 0.3) is 0 Å². The van der Waals surface area contributed by atoms with E-state index in [4.69, 9.17) is 11.6 Å². The molecule has 0 fully saturated rings. The fourth-order valence-corrected chi connectivity index (χ4v) is 3.24. The molecule has 7 heteroatoms. The van der Waals surface area contributed by atoms with Crippen molar-refractivity contribution in [1.29, 1.82) is 0 Å². The van der Waals surface area contributed by atoms with E-state index in [1.165, 1.54) is 29.1 Å². The molecule has 0 aliphatic carbocycles. The number of hydrogen-bond donors (Lipinski definition) is 0. The first kappa shape index (κ1) is 18.4. The average molecular weight is 385 g/mol. The minimum Gasteiger partial charge on any atom is -0.291 e. The zero-order valence-corrected chi connectivity index (χ0v) is 15.7. The number of thioether (sulfide) groups is 1. The van der Waals surface area contributed by atoms with Crippen molar-refractivity contribution < 1.29 is 4.79 Å². The molecule has 3 rings (SSSR count). The van der Waals surface area contributed by atoms with Gasteiger partial charge in [-0.25, -0.2) is 9.67 Å². The average Bonchev–Trinajstić information content (AvgIpc) is 3.20. The summed E-state index contributed by atoms with van der Waals surface area (Å²) in [4.78, 5) is 21.8. The second kappa shape index (κ2) is 8.78. The van der Waals surface area contributed by atoms with Crippen molar-refractivity contribution in [3.8, 4) is 0 Å². The second-order valence-corrected chi connectivity index (χ2v) is 6.76. The van der Waals surface area contributed by atoms with E-state index in [1.807, 2.05) is 36.6 Å². The Kier molecular flexibility index (Phi) is 6.20. The summed E-state index contributed by atoms with van der Waals surface area (Å²) in [6.45, 7) is 0.496. The van der Waals surface area contributed by atoms with Crippen LogP contribution in [0.3, 0.4) is 0 Å². The van der Waals surface area contributed by atoms with Gasteiger partial charge in [0.2, 0.25) is 0 Å². The van der Waals surface area contributed by atoms with Crippen LogP contribution in [0.5, 0.6) is 0 Å². The first-order valence-corrected chi connectivity index (χ1v) is 9.55. The zero-order chi connectivity index (χ0) is 18.4. The summed E-state index contributed by atoms with van der Waals surface area (Å²) < 4.78 is 1.54. The lowest BCUT2D eigenvalue weighted by molar-refractivity contribution is 0.0954. The Bertz CT molecular complexity index is 880. The molecule has 0 N–H and O–H groups in total. The predicted octanol–water partition coefficient (Wildman–Crippen LogP) is 4.32. The first-order chi connectivity index (χ1) is 12.7. The summed E-state index contributed by atoms with van der Waals surface area (Å²) in [5.74, 6) is -0.103. The van der Waals surface area contributed by atoms with Gasteiger partial charge in [-0.2, -0.15) is 5.10 Å². The van der Waals surface area contributed by atoms with Crippen LogP contribution in [0, 0.1) is 0 Å². The van der Waals surface area contributed by atoms with Crippen molar-refractivity contribution >= 4 is 34.2 Å². The van der Waals surface area contributed by atoms with E-state index in [-0.39, 0.29) is 5.78 Å². The fourth-order valence-electron chi connectivity index (χ4n) is 2.48. The van der Waals surface area contributed by atoms with Gasteiger partial charge < -0.3 is 0 Å². The van der Waals surface area contributed by atoms with E-state index >= 15 is 0 Å². The van der Waals surface area contributed by atoms with Gasteiger partial charge in [-0.15, -0.1) is 11.8 Å². The lowest BCUT2D eigenvalue weighted by Crippen LogP contribution is -2.27. The number of aliphatic imine (C=N–C) groups is 1. The third kappa shape index (κ3) is 4.39. The zero-order valence-electron chi connectivity index (χ0n) is 14.1. The number of ketones is 1. The summed E-state index contributed by atoms with van der Waals surface area (Å²) in [7, 11) is 0. The third-order valence-electron chi connectivity index (χ3n) is 3.78. The molecule has 0 aliphatic rings. The van der Waals surface area contributed by atoms with Crippen LogP contribution in [0.2, 0.25) is 5.02 Å². The van der Waals surface area contributed by atoms with Gasteiger partial charge in [-0.1, -0.05) is 41.9 Å². The molecule has 1 heterocycles. The molecular weight excluding hydrogens is 368 g/mol. The van der Waals surface area contributed by atoms with Crippen molar-refractivity contribution in [1.82, 2.24) is 14.8 Å².